The molecule has 0 saturated heterocycles. The number of hydrogen-bond acceptors (Lipinski definition) is 3. The highest BCUT2D eigenvalue weighted by atomic mass is 19.1. The Bertz CT molecular complexity index is 888. The standard InChI is InChI=1S/C19H21FN6/c1-14-22-9-10-26(14)18-7-6-15(11-17(18)20)12-24-19(21-2)25-13-16-5-3-4-8-23-16/h3-11H,12-13H2,1-2H3,(H2,21,24,25). The van der Waals surface area contributed by atoms with Gasteiger partial charge in [-0.25, -0.2) is 9.37 Å². The number of nitrogens with one attached hydrogen (secondary N) is 2. The van der Waals surface area contributed by atoms with Crippen LogP contribution in [0.4, 0.5) is 4.39 Å². The minimum absolute atomic E-state index is 0.290. The fourth-order valence-electron chi connectivity index (χ4n) is 2.57. The molecule has 2 N–H and O–H groups in total. The molecule has 6 nitrogen and oxygen atoms in total. The summed E-state index contributed by atoms with van der Waals surface area (Å²) in [5.41, 5.74) is 2.23. The maximum atomic E-state index is 14.4. The van der Waals surface area contributed by atoms with Crippen LogP contribution in [0, 0.1) is 12.7 Å². The Kier molecular flexibility index (Phi) is 5.58. The first-order valence-electron chi connectivity index (χ1n) is 8.30. The van der Waals surface area contributed by atoms with Gasteiger partial charge < -0.3 is 15.2 Å². The number of aliphatic imine (C=N–C) groups is 1. The summed E-state index contributed by atoms with van der Waals surface area (Å²) in [4.78, 5) is 12.6. The van der Waals surface area contributed by atoms with Gasteiger partial charge in [-0.1, -0.05) is 12.1 Å². The Morgan fingerprint density at radius 2 is 1.96 bits per heavy atom. The van der Waals surface area contributed by atoms with E-state index < -0.39 is 0 Å². The SMILES string of the molecule is CN=C(NCc1ccc(-n2ccnc2C)c(F)c1)NCc1ccccn1. The van der Waals surface area contributed by atoms with Crippen molar-refractivity contribution in [3.63, 3.8) is 0 Å². The van der Waals surface area contributed by atoms with Gasteiger partial charge in [0.05, 0.1) is 17.9 Å². The van der Waals surface area contributed by atoms with Crippen LogP contribution >= 0.6 is 0 Å². The molecule has 0 atom stereocenters. The predicted molar refractivity (Wildman–Crippen MR) is 99.5 cm³/mol. The molecule has 0 aliphatic rings. The van der Waals surface area contributed by atoms with Gasteiger partial charge in [0, 0.05) is 32.2 Å². The minimum atomic E-state index is -0.290. The van der Waals surface area contributed by atoms with E-state index in [1.165, 1.54) is 6.07 Å². The molecular formula is C19H21FN6. The number of aryl methyl sites for hydroxylation is 1. The predicted octanol–water partition coefficient (Wildman–Crippen LogP) is 2.58. The van der Waals surface area contributed by atoms with Crippen molar-refractivity contribution >= 4 is 5.96 Å². The molecule has 0 bridgehead atoms. The summed E-state index contributed by atoms with van der Waals surface area (Å²) in [6.07, 6.45) is 5.15. The number of benzene rings is 1. The Morgan fingerprint density at radius 1 is 1.12 bits per heavy atom. The van der Waals surface area contributed by atoms with E-state index in [1.807, 2.05) is 31.2 Å². The first-order chi connectivity index (χ1) is 12.7. The smallest absolute Gasteiger partial charge is 0.191 e. The van der Waals surface area contributed by atoms with Gasteiger partial charge >= 0.3 is 0 Å². The van der Waals surface area contributed by atoms with E-state index in [9.17, 15) is 4.39 Å². The molecule has 0 fully saturated rings. The van der Waals surface area contributed by atoms with Crippen LogP contribution in [0.3, 0.4) is 0 Å². The molecule has 3 rings (SSSR count). The van der Waals surface area contributed by atoms with Crippen molar-refractivity contribution in [3.05, 3.63) is 77.9 Å². The topological polar surface area (TPSA) is 67.1 Å². The van der Waals surface area contributed by atoms with E-state index in [0.717, 1.165) is 17.1 Å². The summed E-state index contributed by atoms with van der Waals surface area (Å²) in [5.74, 6) is 1.08. The van der Waals surface area contributed by atoms with Crippen molar-refractivity contribution in [1.29, 1.82) is 0 Å². The molecular weight excluding hydrogens is 331 g/mol. The summed E-state index contributed by atoms with van der Waals surface area (Å²) in [6, 6.07) is 10.9. The lowest BCUT2D eigenvalue weighted by molar-refractivity contribution is 0.613. The molecule has 26 heavy (non-hydrogen) atoms. The lowest BCUT2D eigenvalue weighted by atomic mass is 10.2. The van der Waals surface area contributed by atoms with Crippen molar-refractivity contribution < 1.29 is 4.39 Å². The number of imidazole rings is 1. The normalized spacial score (nSPS) is 11.4. The zero-order chi connectivity index (χ0) is 18.4. The van der Waals surface area contributed by atoms with E-state index in [4.69, 9.17) is 0 Å². The van der Waals surface area contributed by atoms with Crippen molar-refractivity contribution in [1.82, 2.24) is 25.2 Å². The van der Waals surface area contributed by atoms with Crippen LogP contribution in [0.25, 0.3) is 5.69 Å². The summed E-state index contributed by atoms with van der Waals surface area (Å²) < 4.78 is 16.2. The third kappa shape index (κ3) is 4.24. The van der Waals surface area contributed by atoms with Gasteiger partial charge in [-0.2, -0.15) is 0 Å². The number of nitrogens with zero attached hydrogens (tertiary/aromatic N) is 4. The second-order valence-electron chi connectivity index (χ2n) is 5.73. The van der Waals surface area contributed by atoms with Gasteiger partial charge in [0.2, 0.25) is 0 Å². The molecule has 0 saturated carbocycles. The van der Waals surface area contributed by atoms with Crippen molar-refractivity contribution in [2.75, 3.05) is 7.05 Å². The Labute approximate surface area is 151 Å². The number of aromatic nitrogens is 3. The van der Waals surface area contributed by atoms with Crippen LogP contribution in [0.15, 0.2) is 60.0 Å². The lowest BCUT2D eigenvalue weighted by Crippen LogP contribution is -2.36. The number of pyridine rings is 1. The molecule has 1 aromatic carbocycles. The zero-order valence-corrected chi connectivity index (χ0v) is 14.8. The Balaban J connectivity index is 1.60. The third-order valence-electron chi connectivity index (χ3n) is 3.94. The van der Waals surface area contributed by atoms with Gasteiger partial charge in [-0.15, -0.1) is 0 Å². The van der Waals surface area contributed by atoms with Crippen LogP contribution in [0.5, 0.6) is 0 Å². The second-order valence-corrected chi connectivity index (χ2v) is 5.73. The van der Waals surface area contributed by atoms with Gasteiger partial charge in [0.25, 0.3) is 0 Å². The van der Waals surface area contributed by atoms with Gasteiger partial charge in [0.15, 0.2) is 5.96 Å². The first-order valence-corrected chi connectivity index (χ1v) is 8.30. The number of guanidine groups is 1. The van der Waals surface area contributed by atoms with Crippen LogP contribution in [-0.4, -0.2) is 27.5 Å². The van der Waals surface area contributed by atoms with E-state index in [-0.39, 0.29) is 5.82 Å². The van der Waals surface area contributed by atoms with Gasteiger partial charge in [0.1, 0.15) is 11.6 Å². The van der Waals surface area contributed by atoms with Gasteiger partial charge in [-0.3, -0.25) is 9.98 Å². The summed E-state index contributed by atoms with van der Waals surface area (Å²) >= 11 is 0. The molecule has 3 aromatic rings. The maximum Gasteiger partial charge on any atom is 0.191 e. The van der Waals surface area contributed by atoms with Crippen LogP contribution < -0.4 is 10.6 Å². The minimum Gasteiger partial charge on any atom is -0.352 e. The fraction of sp³-hybridized carbons (Fsp3) is 0.211. The van der Waals surface area contributed by atoms with Crippen LogP contribution in [0.2, 0.25) is 0 Å². The number of rotatable bonds is 5. The van der Waals surface area contributed by atoms with E-state index >= 15 is 0 Å². The monoisotopic (exact) mass is 352 g/mol. The molecule has 0 amide bonds. The molecule has 0 aliphatic carbocycles. The maximum absolute atomic E-state index is 14.4. The van der Waals surface area contributed by atoms with Crippen LogP contribution in [-0.2, 0) is 13.1 Å². The van der Waals surface area contributed by atoms with E-state index in [1.54, 1.807) is 36.3 Å². The zero-order valence-electron chi connectivity index (χ0n) is 14.8. The molecule has 0 aliphatic heterocycles. The summed E-state index contributed by atoms with van der Waals surface area (Å²) in [5, 5.41) is 6.36. The average molecular weight is 352 g/mol. The van der Waals surface area contributed by atoms with E-state index in [2.05, 4.69) is 25.6 Å². The highest BCUT2D eigenvalue weighted by Crippen LogP contribution is 2.16. The van der Waals surface area contributed by atoms with Crippen molar-refractivity contribution in [3.8, 4) is 5.69 Å². The Hall–Kier alpha value is -3.22. The molecule has 134 valence electrons. The highest BCUT2D eigenvalue weighted by Gasteiger charge is 2.08. The second kappa shape index (κ2) is 8.24. The van der Waals surface area contributed by atoms with Crippen molar-refractivity contribution in [2.24, 2.45) is 4.99 Å². The highest BCUT2D eigenvalue weighted by molar-refractivity contribution is 5.79. The third-order valence-corrected chi connectivity index (χ3v) is 3.94. The largest absolute Gasteiger partial charge is 0.352 e. The fourth-order valence-corrected chi connectivity index (χ4v) is 2.57. The first kappa shape index (κ1) is 17.6. The van der Waals surface area contributed by atoms with Crippen LogP contribution in [0.1, 0.15) is 17.1 Å². The number of halogens is 1. The number of hydrogen-bond donors (Lipinski definition) is 2. The van der Waals surface area contributed by atoms with Gasteiger partial charge in [-0.05, 0) is 36.8 Å². The molecule has 0 unspecified atom stereocenters. The average Bonchev–Trinajstić information content (AvgIpc) is 3.08. The molecule has 0 spiro atoms. The summed E-state index contributed by atoms with van der Waals surface area (Å²) in [6.45, 7) is 2.86. The van der Waals surface area contributed by atoms with E-state index in [0.29, 0.717) is 24.7 Å². The molecule has 2 heterocycles. The Morgan fingerprint density at radius 3 is 2.62 bits per heavy atom. The lowest BCUT2D eigenvalue weighted by Gasteiger charge is -2.13. The molecule has 0 radical (unpaired) electrons. The molecule has 2 aromatic heterocycles. The molecule has 7 heteroatoms. The summed E-state index contributed by atoms with van der Waals surface area (Å²) in [7, 11) is 1.69. The van der Waals surface area contributed by atoms with Crippen molar-refractivity contribution in [2.45, 2.75) is 20.0 Å². The quantitative estimate of drug-likeness (QED) is 0.547.